The molecule has 0 saturated carbocycles. The van der Waals surface area contributed by atoms with Crippen LogP contribution in [0.4, 0.5) is 0 Å². The van der Waals surface area contributed by atoms with E-state index >= 15 is 0 Å². The van der Waals surface area contributed by atoms with Crippen LogP contribution in [0.2, 0.25) is 0 Å². The number of hydrogen-bond donors (Lipinski definition) is 2. The molecule has 0 spiro atoms. The molecule has 1 rings (SSSR count). The molecule has 0 aliphatic carbocycles. The molecule has 4 heteroatoms. The number of allylic oxidation sites excluding steroid dienone is 1. The number of hydrogen-bond acceptors (Lipinski definition) is 4. The van der Waals surface area contributed by atoms with Crippen LogP contribution >= 0.6 is 0 Å². The maximum absolute atomic E-state index is 10.1. The van der Waals surface area contributed by atoms with Crippen LogP contribution < -0.4 is 10.1 Å². The molecule has 2 N–H and O–H groups in total. The Morgan fingerprint density at radius 3 is 2.84 bits per heavy atom. The van der Waals surface area contributed by atoms with E-state index in [0.717, 1.165) is 30.7 Å². The lowest BCUT2D eigenvalue weighted by atomic mass is 10.1. The van der Waals surface area contributed by atoms with Crippen LogP contribution in [0.3, 0.4) is 0 Å². The van der Waals surface area contributed by atoms with Crippen molar-refractivity contribution >= 4 is 0 Å². The first-order chi connectivity index (χ1) is 9.22. The second kappa shape index (κ2) is 8.56. The van der Waals surface area contributed by atoms with Crippen molar-refractivity contribution in [1.82, 2.24) is 5.32 Å². The third-order valence-corrected chi connectivity index (χ3v) is 2.76. The minimum Gasteiger partial charge on any atom is -0.504 e. The van der Waals surface area contributed by atoms with Gasteiger partial charge in [0.05, 0.1) is 13.7 Å². The molecule has 0 aliphatic rings. The average molecular weight is 265 g/mol. The van der Waals surface area contributed by atoms with Crippen molar-refractivity contribution < 1.29 is 14.6 Å². The molecule has 1 aromatic carbocycles. The van der Waals surface area contributed by atoms with Gasteiger partial charge in [0.2, 0.25) is 0 Å². The zero-order valence-corrected chi connectivity index (χ0v) is 11.7. The highest BCUT2D eigenvalue weighted by Crippen LogP contribution is 2.31. The van der Waals surface area contributed by atoms with Gasteiger partial charge in [-0.2, -0.15) is 0 Å². The quantitative estimate of drug-likeness (QED) is 0.531. The van der Waals surface area contributed by atoms with Crippen molar-refractivity contribution in [1.29, 1.82) is 0 Å². The molecular formula is C15H23NO3. The molecule has 4 nitrogen and oxygen atoms in total. The van der Waals surface area contributed by atoms with Crippen LogP contribution in [0.1, 0.15) is 18.1 Å². The van der Waals surface area contributed by atoms with Gasteiger partial charge >= 0.3 is 0 Å². The van der Waals surface area contributed by atoms with Crippen LogP contribution in [-0.2, 0) is 17.7 Å². The van der Waals surface area contributed by atoms with Gasteiger partial charge in [-0.1, -0.05) is 12.1 Å². The molecule has 0 amide bonds. The average Bonchev–Trinajstić information content (AvgIpc) is 2.41. The summed E-state index contributed by atoms with van der Waals surface area (Å²) in [6, 6.07) is 3.80. The van der Waals surface area contributed by atoms with Crippen LogP contribution in [0.15, 0.2) is 24.8 Å². The van der Waals surface area contributed by atoms with Gasteiger partial charge in [-0.15, -0.1) is 6.58 Å². The monoisotopic (exact) mass is 265 g/mol. The summed E-state index contributed by atoms with van der Waals surface area (Å²) in [5.74, 6) is 0.695. The van der Waals surface area contributed by atoms with Crippen molar-refractivity contribution in [2.75, 3.05) is 26.9 Å². The number of rotatable bonds is 9. The Morgan fingerprint density at radius 1 is 1.42 bits per heavy atom. The number of methoxy groups -OCH3 is 1. The maximum atomic E-state index is 10.1. The minimum absolute atomic E-state index is 0.194. The molecule has 0 atom stereocenters. The highest BCUT2D eigenvalue weighted by atomic mass is 16.5. The van der Waals surface area contributed by atoms with Crippen LogP contribution in [0.25, 0.3) is 0 Å². The Balaban J connectivity index is 2.69. The summed E-state index contributed by atoms with van der Waals surface area (Å²) in [5.41, 5.74) is 1.90. The van der Waals surface area contributed by atoms with E-state index in [0.29, 0.717) is 18.9 Å². The Morgan fingerprint density at radius 2 is 2.21 bits per heavy atom. The van der Waals surface area contributed by atoms with Crippen molar-refractivity contribution in [3.05, 3.63) is 35.9 Å². The first-order valence-corrected chi connectivity index (χ1v) is 6.51. The van der Waals surface area contributed by atoms with E-state index in [2.05, 4.69) is 11.9 Å². The number of benzene rings is 1. The molecule has 0 bridgehead atoms. The summed E-state index contributed by atoms with van der Waals surface area (Å²) in [5, 5.41) is 13.3. The Hall–Kier alpha value is -1.52. The normalized spacial score (nSPS) is 10.4. The summed E-state index contributed by atoms with van der Waals surface area (Å²) in [7, 11) is 1.55. The van der Waals surface area contributed by atoms with Gasteiger partial charge < -0.3 is 19.9 Å². The Bertz CT molecular complexity index is 405. The predicted octanol–water partition coefficient (Wildman–Crippen LogP) is 2.26. The summed E-state index contributed by atoms with van der Waals surface area (Å²) < 4.78 is 10.4. The van der Waals surface area contributed by atoms with E-state index in [1.807, 2.05) is 25.1 Å². The van der Waals surface area contributed by atoms with Gasteiger partial charge in [0, 0.05) is 25.3 Å². The zero-order chi connectivity index (χ0) is 14.1. The zero-order valence-electron chi connectivity index (χ0n) is 11.7. The fraction of sp³-hybridized carbons (Fsp3) is 0.467. The van der Waals surface area contributed by atoms with Crippen molar-refractivity contribution in [3.8, 4) is 11.5 Å². The largest absolute Gasteiger partial charge is 0.504 e. The summed E-state index contributed by atoms with van der Waals surface area (Å²) >= 11 is 0. The maximum Gasteiger partial charge on any atom is 0.162 e. The van der Waals surface area contributed by atoms with Crippen molar-refractivity contribution in [2.24, 2.45) is 0 Å². The van der Waals surface area contributed by atoms with Crippen molar-refractivity contribution in [2.45, 2.75) is 19.9 Å². The van der Waals surface area contributed by atoms with Crippen molar-refractivity contribution in [3.63, 3.8) is 0 Å². The van der Waals surface area contributed by atoms with E-state index in [1.54, 1.807) is 7.11 Å². The first kappa shape index (κ1) is 15.5. The molecule has 0 aliphatic heterocycles. The molecular weight excluding hydrogens is 242 g/mol. The van der Waals surface area contributed by atoms with Crippen LogP contribution in [0.5, 0.6) is 11.5 Å². The lowest BCUT2D eigenvalue weighted by Gasteiger charge is -2.12. The molecule has 0 heterocycles. The summed E-state index contributed by atoms with van der Waals surface area (Å²) in [4.78, 5) is 0. The van der Waals surface area contributed by atoms with E-state index in [-0.39, 0.29) is 5.75 Å². The number of phenols is 1. The number of nitrogens with one attached hydrogen (secondary N) is 1. The molecule has 0 saturated heterocycles. The summed E-state index contributed by atoms with van der Waals surface area (Å²) in [6.07, 6.45) is 2.58. The molecule has 0 fully saturated rings. The van der Waals surface area contributed by atoms with Gasteiger partial charge in [0.25, 0.3) is 0 Å². The SMILES string of the molecule is C=CCc1cc(CNCCOCC)c(O)c(OC)c1. The predicted molar refractivity (Wildman–Crippen MR) is 76.8 cm³/mol. The van der Waals surface area contributed by atoms with E-state index < -0.39 is 0 Å². The third kappa shape index (κ3) is 4.93. The lowest BCUT2D eigenvalue weighted by Crippen LogP contribution is -2.19. The van der Waals surface area contributed by atoms with E-state index in [1.165, 1.54) is 0 Å². The number of phenolic OH excluding ortho intramolecular Hbond substituents is 1. The second-order valence-corrected chi connectivity index (χ2v) is 4.17. The molecule has 0 unspecified atom stereocenters. The second-order valence-electron chi connectivity index (χ2n) is 4.17. The van der Waals surface area contributed by atoms with Gasteiger partial charge in [0.1, 0.15) is 0 Å². The highest BCUT2D eigenvalue weighted by molar-refractivity contribution is 5.48. The fourth-order valence-electron chi connectivity index (χ4n) is 1.82. The van der Waals surface area contributed by atoms with Crippen LogP contribution in [-0.4, -0.2) is 32.0 Å². The smallest absolute Gasteiger partial charge is 0.162 e. The van der Waals surface area contributed by atoms with Gasteiger partial charge in [-0.25, -0.2) is 0 Å². The third-order valence-electron chi connectivity index (χ3n) is 2.76. The molecule has 19 heavy (non-hydrogen) atoms. The molecule has 0 radical (unpaired) electrons. The van der Waals surface area contributed by atoms with Gasteiger partial charge in [0.15, 0.2) is 11.5 Å². The van der Waals surface area contributed by atoms with Crippen LogP contribution in [0, 0.1) is 0 Å². The minimum atomic E-state index is 0.194. The Kier molecular flexibility index (Phi) is 7.00. The molecule has 0 aromatic heterocycles. The first-order valence-electron chi connectivity index (χ1n) is 6.51. The van der Waals surface area contributed by atoms with E-state index in [9.17, 15) is 5.11 Å². The Labute approximate surface area is 115 Å². The number of aromatic hydroxyl groups is 1. The fourth-order valence-corrected chi connectivity index (χ4v) is 1.82. The molecule has 1 aromatic rings. The standard InChI is InChI=1S/C15H23NO3/c1-4-6-12-9-13(11-16-7-8-19-5-2)15(17)14(10-12)18-3/h4,9-10,16-17H,1,5-8,11H2,2-3H3. The van der Waals surface area contributed by atoms with E-state index in [4.69, 9.17) is 9.47 Å². The van der Waals surface area contributed by atoms with Gasteiger partial charge in [-0.3, -0.25) is 0 Å². The molecule has 106 valence electrons. The number of ether oxygens (including phenoxy) is 2. The summed E-state index contributed by atoms with van der Waals surface area (Å²) in [6.45, 7) is 8.41. The highest BCUT2D eigenvalue weighted by Gasteiger charge is 2.09. The van der Waals surface area contributed by atoms with Gasteiger partial charge in [-0.05, 0) is 25.0 Å². The topological polar surface area (TPSA) is 50.7 Å². The lowest BCUT2D eigenvalue weighted by molar-refractivity contribution is 0.149.